The van der Waals surface area contributed by atoms with Gasteiger partial charge in [-0.05, 0) is 68.6 Å². The molecule has 5 rings (SSSR count). The molecule has 35 heavy (non-hydrogen) atoms. The third-order valence-corrected chi connectivity index (χ3v) is 7.82. The summed E-state index contributed by atoms with van der Waals surface area (Å²) < 4.78 is 5.38. The molecule has 188 valence electrons. The highest BCUT2D eigenvalue weighted by Gasteiger charge is 2.32. The summed E-state index contributed by atoms with van der Waals surface area (Å²) in [6.07, 6.45) is 8.08. The number of pyridine rings is 1. The second kappa shape index (κ2) is 12.0. The van der Waals surface area contributed by atoms with Gasteiger partial charge in [0, 0.05) is 62.8 Å². The molecule has 4 heterocycles. The molecule has 0 radical (unpaired) electrons. The predicted molar refractivity (Wildman–Crippen MR) is 139 cm³/mol. The number of benzene rings is 1. The number of nitrogens with one attached hydrogen (secondary N) is 1. The number of hydrogen-bond acceptors (Lipinski definition) is 6. The van der Waals surface area contributed by atoms with Crippen LogP contribution in [0.3, 0.4) is 0 Å². The summed E-state index contributed by atoms with van der Waals surface area (Å²) in [7, 11) is 0. The van der Waals surface area contributed by atoms with Crippen molar-refractivity contribution in [3.63, 3.8) is 0 Å². The summed E-state index contributed by atoms with van der Waals surface area (Å²) in [5, 5.41) is 3.06. The minimum absolute atomic E-state index is 0.00850. The maximum atomic E-state index is 12.6. The fourth-order valence-electron chi connectivity index (χ4n) is 5.82. The van der Waals surface area contributed by atoms with Gasteiger partial charge in [-0.3, -0.25) is 19.6 Å². The van der Waals surface area contributed by atoms with Gasteiger partial charge in [-0.1, -0.05) is 12.5 Å². The highest BCUT2D eigenvalue weighted by atomic mass is 16.5. The second-order valence-corrected chi connectivity index (χ2v) is 9.98. The van der Waals surface area contributed by atoms with E-state index in [0.29, 0.717) is 18.6 Å². The van der Waals surface area contributed by atoms with E-state index in [2.05, 4.69) is 49.3 Å². The number of carbonyl (C=O) groups excluding carboxylic acids is 1. The Hall–Kier alpha value is -2.48. The lowest BCUT2D eigenvalue weighted by molar-refractivity contribution is 0.0383. The van der Waals surface area contributed by atoms with E-state index in [0.717, 1.165) is 51.5 Å². The molecule has 0 saturated carbocycles. The van der Waals surface area contributed by atoms with Crippen LogP contribution in [0.1, 0.15) is 54.2 Å². The number of amides is 1. The van der Waals surface area contributed by atoms with Crippen LogP contribution >= 0.6 is 0 Å². The quantitative estimate of drug-likeness (QED) is 0.660. The number of morpholine rings is 1. The van der Waals surface area contributed by atoms with E-state index in [9.17, 15) is 4.79 Å². The Balaban J connectivity index is 1.11. The van der Waals surface area contributed by atoms with Gasteiger partial charge in [-0.25, -0.2) is 0 Å². The van der Waals surface area contributed by atoms with Crippen LogP contribution in [0.15, 0.2) is 48.7 Å². The van der Waals surface area contributed by atoms with E-state index in [-0.39, 0.29) is 5.91 Å². The van der Waals surface area contributed by atoms with Gasteiger partial charge in [0.15, 0.2) is 0 Å². The smallest absolute Gasteiger partial charge is 0.251 e. The number of anilines is 1. The number of hydrogen-bond donors (Lipinski definition) is 1. The minimum atomic E-state index is 0.00850. The molecule has 1 amide bonds. The molecule has 1 atom stereocenters. The lowest BCUT2D eigenvalue weighted by Crippen LogP contribution is -2.48. The molecule has 3 saturated heterocycles. The molecule has 1 aromatic carbocycles. The minimum Gasteiger partial charge on any atom is -0.379 e. The molecule has 1 unspecified atom stereocenters. The van der Waals surface area contributed by atoms with Crippen molar-refractivity contribution in [3.8, 4) is 0 Å². The number of piperidine rings is 2. The maximum Gasteiger partial charge on any atom is 0.251 e. The van der Waals surface area contributed by atoms with Crippen molar-refractivity contribution >= 4 is 11.6 Å². The van der Waals surface area contributed by atoms with Gasteiger partial charge in [-0.2, -0.15) is 0 Å². The van der Waals surface area contributed by atoms with Crippen LogP contribution in [-0.2, 0) is 4.74 Å². The van der Waals surface area contributed by atoms with Crippen LogP contribution in [-0.4, -0.2) is 85.8 Å². The van der Waals surface area contributed by atoms with Crippen LogP contribution < -0.4 is 10.2 Å². The summed E-state index contributed by atoms with van der Waals surface area (Å²) in [6.45, 7) is 8.31. The summed E-state index contributed by atoms with van der Waals surface area (Å²) in [4.78, 5) is 24.8. The number of aromatic nitrogens is 1. The number of likely N-dealkylation sites (tertiary alicyclic amines) is 1. The van der Waals surface area contributed by atoms with E-state index in [1.165, 1.54) is 50.0 Å². The Kier molecular flexibility index (Phi) is 8.29. The number of rotatable bonds is 7. The first-order valence-corrected chi connectivity index (χ1v) is 13.4. The average molecular weight is 478 g/mol. The van der Waals surface area contributed by atoms with Crippen molar-refractivity contribution in [2.75, 3.05) is 63.9 Å². The van der Waals surface area contributed by atoms with Gasteiger partial charge < -0.3 is 15.0 Å². The first-order chi connectivity index (χ1) is 17.3. The Morgan fingerprint density at radius 1 is 0.943 bits per heavy atom. The van der Waals surface area contributed by atoms with Gasteiger partial charge in [0.1, 0.15) is 0 Å². The zero-order chi connectivity index (χ0) is 23.9. The molecular formula is C28H39N5O2. The van der Waals surface area contributed by atoms with Gasteiger partial charge in [0.25, 0.3) is 5.91 Å². The van der Waals surface area contributed by atoms with Crippen molar-refractivity contribution in [3.05, 3.63) is 59.9 Å². The van der Waals surface area contributed by atoms with Crippen molar-refractivity contribution in [2.45, 2.75) is 44.2 Å². The Morgan fingerprint density at radius 3 is 2.49 bits per heavy atom. The fourth-order valence-corrected chi connectivity index (χ4v) is 5.82. The molecule has 0 bridgehead atoms. The Morgan fingerprint density at radius 2 is 1.74 bits per heavy atom. The topological polar surface area (TPSA) is 60.9 Å². The Labute approximate surface area is 209 Å². The zero-order valence-corrected chi connectivity index (χ0v) is 20.8. The molecule has 0 spiro atoms. The lowest BCUT2D eigenvalue weighted by atomic mass is 9.93. The highest BCUT2D eigenvalue weighted by molar-refractivity contribution is 5.94. The fraction of sp³-hybridized carbons (Fsp3) is 0.571. The SMILES string of the molecule is O=C(NCCN1CCOCC1)c1ccc(N2CCC(N3CCCCC3c3ccccn3)CC2)cc1. The molecule has 2 aromatic rings. The van der Waals surface area contributed by atoms with E-state index in [1.54, 1.807) is 0 Å². The number of carbonyl (C=O) groups is 1. The van der Waals surface area contributed by atoms with Gasteiger partial charge >= 0.3 is 0 Å². The van der Waals surface area contributed by atoms with Crippen molar-refractivity contribution in [2.24, 2.45) is 0 Å². The first kappa shape index (κ1) is 24.2. The molecule has 3 aliphatic rings. The zero-order valence-electron chi connectivity index (χ0n) is 20.8. The first-order valence-electron chi connectivity index (χ1n) is 13.4. The summed E-state index contributed by atoms with van der Waals surface area (Å²) >= 11 is 0. The lowest BCUT2D eigenvalue weighted by Gasteiger charge is -2.45. The highest BCUT2D eigenvalue weighted by Crippen LogP contribution is 2.34. The Bertz CT molecular complexity index is 924. The molecule has 3 fully saturated rings. The second-order valence-electron chi connectivity index (χ2n) is 9.98. The molecule has 1 aromatic heterocycles. The monoisotopic (exact) mass is 477 g/mol. The summed E-state index contributed by atoms with van der Waals surface area (Å²) in [6, 6.07) is 15.5. The molecular weight excluding hydrogens is 438 g/mol. The van der Waals surface area contributed by atoms with Gasteiger partial charge in [0.2, 0.25) is 0 Å². The van der Waals surface area contributed by atoms with Gasteiger partial charge in [-0.15, -0.1) is 0 Å². The standard InChI is InChI=1S/C28H39N5O2/c34-28(30-14-18-31-19-21-35-22-20-31)23-7-9-24(10-8-23)32-16-11-25(12-17-32)33-15-4-2-6-27(33)26-5-1-3-13-29-26/h1,3,5,7-10,13,25,27H,2,4,6,11-12,14-22H2,(H,30,34). The van der Waals surface area contributed by atoms with Crippen molar-refractivity contribution < 1.29 is 9.53 Å². The third kappa shape index (κ3) is 6.21. The van der Waals surface area contributed by atoms with Crippen LogP contribution in [0.25, 0.3) is 0 Å². The van der Waals surface area contributed by atoms with Crippen LogP contribution in [0.5, 0.6) is 0 Å². The molecule has 3 aliphatic heterocycles. The molecule has 0 aliphatic carbocycles. The summed E-state index contributed by atoms with van der Waals surface area (Å²) in [5.41, 5.74) is 3.18. The van der Waals surface area contributed by atoms with Crippen LogP contribution in [0.4, 0.5) is 5.69 Å². The number of ether oxygens (including phenoxy) is 1. The predicted octanol–water partition coefficient (Wildman–Crippen LogP) is 3.34. The normalized spacial score (nSPS) is 22.7. The third-order valence-electron chi connectivity index (χ3n) is 7.82. The van der Waals surface area contributed by atoms with E-state index < -0.39 is 0 Å². The largest absolute Gasteiger partial charge is 0.379 e. The average Bonchev–Trinajstić information content (AvgIpc) is 2.94. The summed E-state index contributed by atoms with van der Waals surface area (Å²) in [5.74, 6) is 0.00850. The van der Waals surface area contributed by atoms with E-state index in [4.69, 9.17) is 4.74 Å². The van der Waals surface area contributed by atoms with E-state index >= 15 is 0 Å². The van der Waals surface area contributed by atoms with Crippen LogP contribution in [0.2, 0.25) is 0 Å². The number of nitrogens with zero attached hydrogens (tertiary/aromatic N) is 4. The van der Waals surface area contributed by atoms with E-state index in [1.807, 2.05) is 24.4 Å². The molecule has 1 N–H and O–H groups in total. The van der Waals surface area contributed by atoms with Crippen molar-refractivity contribution in [1.82, 2.24) is 20.1 Å². The van der Waals surface area contributed by atoms with Crippen molar-refractivity contribution in [1.29, 1.82) is 0 Å². The van der Waals surface area contributed by atoms with Gasteiger partial charge in [0.05, 0.1) is 24.9 Å². The molecule has 7 nitrogen and oxygen atoms in total. The van der Waals surface area contributed by atoms with Crippen LogP contribution in [0, 0.1) is 0 Å². The molecule has 7 heteroatoms. The maximum absolute atomic E-state index is 12.6.